The Labute approximate surface area is 308 Å². The molecule has 0 saturated carbocycles. The van der Waals surface area contributed by atoms with Gasteiger partial charge in [0.1, 0.15) is 31.7 Å². The summed E-state index contributed by atoms with van der Waals surface area (Å²) >= 11 is 0. The molecule has 284 valence electrons. The van der Waals surface area contributed by atoms with Gasteiger partial charge in [0.25, 0.3) is 36.0 Å². The van der Waals surface area contributed by atoms with E-state index in [0.29, 0.717) is 29.4 Å². The van der Waals surface area contributed by atoms with Crippen LogP contribution in [0.3, 0.4) is 0 Å². The first-order valence-electron chi connectivity index (χ1n) is 14.6. The summed E-state index contributed by atoms with van der Waals surface area (Å²) < 4.78 is 103. The van der Waals surface area contributed by atoms with Crippen molar-refractivity contribution < 1.29 is 58.8 Å². The Bertz CT molecular complexity index is 2900. The van der Waals surface area contributed by atoms with Gasteiger partial charge in [-0.3, -0.25) is 23.8 Å². The summed E-state index contributed by atoms with van der Waals surface area (Å²) in [5.41, 5.74) is 3.25. The number of fused-ring (bicyclic) bond motifs is 1. The SMILES string of the molecule is Cc1cc(/N=N/c2c(S(=O)(=O)O)cc3c(S(=O)(=O)O)cc(/N=N/c4ccc([N+](=O)[O-])cc4S(=O)(=O)O)c(O)c3c2N)ccc1/N=N/c1cccc(C(=O)O)c1. The molecule has 0 amide bonds. The van der Waals surface area contributed by atoms with E-state index in [9.17, 15) is 64.0 Å². The minimum absolute atomic E-state index is 0.0131. The number of aryl methyl sites for hydroxylation is 1. The number of azo groups is 3. The van der Waals surface area contributed by atoms with Gasteiger partial charge >= 0.3 is 5.97 Å². The van der Waals surface area contributed by atoms with E-state index in [-0.39, 0.29) is 16.9 Å². The number of rotatable bonds is 11. The summed E-state index contributed by atoms with van der Waals surface area (Å²) in [4.78, 5) is 18.0. The van der Waals surface area contributed by atoms with Crippen LogP contribution < -0.4 is 5.73 Å². The van der Waals surface area contributed by atoms with E-state index in [1.54, 1.807) is 6.92 Å². The lowest BCUT2D eigenvalue weighted by molar-refractivity contribution is -0.385. The van der Waals surface area contributed by atoms with Gasteiger partial charge in [-0.05, 0) is 67.1 Å². The second-order valence-corrected chi connectivity index (χ2v) is 15.2. The van der Waals surface area contributed by atoms with E-state index >= 15 is 0 Å². The highest BCUT2D eigenvalue weighted by atomic mass is 32.2. The topological polar surface area (TPSA) is 364 Å². The number of nitrogens with zero attached hydrogens (tertiary/aromatic N) is 7. The Morgan fingerprint density at radius 2 is 1.27 bits per heavy atom. The van der Waals surface area contributed by atoms with Crippen molar-refractivity contribution in [2.75, 3.05) is 5.73 Å². The summed E-state index contributed by atoms with van der Waals surface area (Å²) in [6, 6.07) is 12.9. The zero-order valence-electron chi connectivity index (χ0n) is 27.3. The molecule has 0 fully saturated rings. The van der Waals surface area contributed by atoms with Crippen molar-refractivity contribution in [1.82, 2.24) is 0 Å². The average molecular weight is 815 g/mol. The fourth-order valence-electron chi connectivity index (χ4n) is 4.85. The number of aromatic carboxylic acids is 1. The lowest BCUT2D eigenvalue weighted by Gasteiger charge is -2.14. The van der Waals surface area contributed by atoms with Crippen molar-refractivity contribution in [1.29, 1.82) is 0 Å². The van der Waals surface area contributed by atoms with Gasteiger partial charge in [0.2, 0.25) is 0 Å². The van der Waals surface area contributed by atoms with Crippen LogP contribution in [0.4, 0.5) is 45.5 Å². The van der Waals surface area contributed by atoms with Crippen molar-refractivity contribution in [2.45, 2.75) is 21.6 Å². The summed E-state index contributed by atoms with van der Waals surface area (Å²) in [5, 5.41) is 53.0. The van der Waals surface area contributed by atoms with Crippen molar-refractivity contribution in [3.05, 3.63) is 94.0 Å². The number of non-ortho nitro benzene ring substituents is 1. The molecule has 0 spiro atoms. The molecule has 55 heavy (non-hydrogen) atoms. The number of carboxylic acid groups (broad SMARTS) is 1. The van der Waals surface area contributed by atoms with Crippen LogP contribution in [0.15, 0.2) is 118 Å². The number of nitro benzene ring substituents is 1. The molecular weight excluding hydrogens is 793 g/mol. The smallest absolute Gasteiger partial charge is 0.335 e. The number of hydrogen-bond donors (Lipinski definition) is 6. The van der Waals surface area contributed by atoms with Crippen LogP contribution in [0, 0.1) is 17.0 Å². The number of phenols is 1. The fourth-order valence-corrected chi connectivity index (χ4v) is 6.86. The Morgan fingerprint density at radius 1 is 0.691 bits per heavy atom. The van der Waals surface area contributed by atoms with Gasteiger partial charge in [0.05, 0.1) is 38.6 Å². The molecule has 0 aliphatic heterocycles. The number of anilines is 1. The number of phenolic OH excluding ortho intramolecular Hbond substituents is 1. The maximum atomic E-state index is 12.5. The highest BCUT2D eigenvalue weighted by Gasteiger charge is 2.28. The summed E-state index contributed by atoms with van der Waals surface area (Å²) in [6.45, 7) is 1.59. The molecule has 7 N–H and O–H groups in total. The number of aromatic hydroxyl groups is 1. The first kappa shape index (κ1) is 39.6. The van der Waals surface area contributed by atoms with E-state index in [1.807, 2.05) is 0 Å². The maximum Gasteiger partial charge on any atom is 0.335 e. The van der Waals surface area contributed by atoms with Crippen LogP contribution in [0.2, 0.25) is 0 Å². The van der Waals surface area contributed by atoms with E-state index in [4.69, 9.17) is 5.73 Å². The quantitative estimate of drug-likeness (QED) is 0.0256. The highest BCUT2D eigenvalue weighted by molar-refractivity contribution is 7.86. The van der Waals surface area contributed by atoms with Crippen LogP contribution in [0.1, 0.15) is 15.9 Å². The van der Waals surface area contributed by atoms with E-state index < -0.39 is 101 Å². The third kappa shape index (κ3) is 8.61. The zero-order chi connectivity index (χ0) is 40.6. The maximum absolute atomic E-state index is 12.5. The van der Waals surface area contributed by atoms with Crippen LogP contribution >= 0.6 is 0 Å². The molecule has 0 bridgehead atoms. The molecule has 25 heteroatoms. The lowest BCUT2D eigenvalue weighted by atomic mass is 10.0. The van der Waals surface area contributed by atoms with Gasteiger partial charge in [-0.25, -0.2) is 4.79 Å². The molecule has 5 aromatic rings. The van der Waals surface area contributed by atoms with Crippen LogP contribution in [0.5, 0.6) is 5.75 Å². The molecule has 0 aliphatic rings. The second-order valence-electron chi connectivity index (χ2n) is 11.1. The molecule has 0 heterocycles. The molecule has 0 aliphatic carbocycles. The molecule has 0 saturated heterocycles. The van der Waals surface area contributed by atoms with Gasteiger partial charge < -0.3 is 15.9 Å². The van der Waals surface area contributed by atoms with Crippen molar-refractivity contribution in [3.8, 4) is 5.75 Å². The number of carboxylic acids is 1. The Hall–Kier alpha value is -6.64. The normalized spacial score (nSPS) is 12.7. The van der Waals surface area contributed by atoms with Gasteiger partial charge in [-0.15, -0.1) is 15.3 Å². The predicted octanol–water partition coefficient (Wildman–Crippen LogP) is 7.03. The van der Waals surface area contributed by atoms with E-state index in [2.05, 4.69) is 30.7 Å². The third-order valence-electron chi connectivity index (χ3n) is 7.38. The molecular formula is C30H22N8O14S3. The Kier molecular flexibility index (Phi) is 10.5. The van der Waals surface area contributed by atoms with E-state index in [1.165, 1.54) is 42.5 Å². The van der Waals surface area contributed by atoms with Crippen LogP contribution in [-0.4, -0.2) is 60.0 Å². The number of nitrogen functional groups attached to an aromatic ring is 1. The Balaban J connectivity index is 1.64. The fraction of sp³-hybridized carbons (Fsp3) is 0.0333. The number of nitro groups is 1. The van der Waals surface area contributed by atoms with Crippen molar-refractivity contribution in [3.63, 3.8) is 0 Å². The summed E-state index contributed by atoms with van der Waals surface area (Å²) in [7, 11) is -15.8. The molecule has 0 unspecified atom stereocenters. The molecule has 0 radical (unpaired) electrons. The molecule has 5 aromatic carbocycles. The first-order valence-corrected chi connectivity index (χ1v) is 18.9. The van der Waals surface area contributed by atoms with Gasteiger partial charge in [0.15, 0.2) is 5.75 Å². The summed E-state index contributed by atoms with van der Waals surface area (Å²) in [5.74, 6) is -2.21. The number of benzene rings is 5. The zero-order valence-corrected chi connectivity index (χ0v) is 29.7. The first-order chi connectivity index (χ1) is 25.6. The van der Waals surface area contributed by atoms with Gasteiger partial charge in [0, 0.05) is 17.5 Å². The largest absolute Gasteiger partial charge is 0.505 e. The van der Waals surface area contributed by atoms with Crippen molar-refractivity contribution in [2.24, 2.45) is 30.7 Å². The Morgan fingerprint density at radius 3 is 1.87 bits per heavy atom. The minimum atomic E-state index is -5.34. The molecule has 22 nitrogen and oxygen atoms in total. The van der Waals surface area contributed by atoms with Gasteiger partial charge in [-0.2, -0.15) is 40.6 Å². The van der Waals surface area contributed by atoms with E-state index in [0.717, 1.165) is 12.1 Å². The standard InChI is InChI=1S/C30H22N8O14S3/c1-14-9-17(5-7-20(14)34-32-16-4-2-3-15(10-16)30(40)41)33-37-28-25(55(50,51)52)12-19-23(53(44,45)46)13-22(29(39)26(19)27(28)31)36-35-21-8-6-18(38(42)43)11-24(21)54(47,48)49/h2-13,39H,31H2,1H3,(H,40,41)(H,44,45,46)(H,47,48,49)(H,50,51,52)/b34-32+,36-35+,37-33+. The van der Waals surface area contributed by atoms with Crippen LogP contribution in [0.25, 0.3) is 10.8 Å². The number of nitrogens with two attached hydrogens (primary N) is 1. The monoisotopic (exact) mass is 814 g/mol. The number of carbonyl (C=O) groups is 1. The number of hydrogen-bond acceptors (Lipinski definition) is 17. The van der Waals surface area contributed by atoms with Gasteiger partial charge in [-0.1, -0.05) is 6.07 Å². The molecule has 0 atom stereocenters. The lowest BCUT2D eigenvalue weighted by Crippen LogP contribution is -2.05. The highest BCUT2D eigenvalue weighted by Crippen LogP contribution is 2.48. The second kappa shape index (κ2) is 14.6. The third-order valence-corrected chi connectivity index (χ3v) is 10.0. The van der Waals surface area contributed by atoms with Crippen molar-refractivity contribution >= 4 is 92.6 Å². The van der Waals surface area contributed by atoms with Crippen LogP contribution in [-0.2, 0) is 30.4 Å². The molecule has 5 rings (SSSR count). The summed E-state index contributed by atoms with van der Waals surface area (Å²) in [6.07, 6.45) is 0. The molecule has 0 aromatic heterocycles. The average Bonchev–Trinajstić information content (AvgIpc) is 3.08. The predicted molar refractivity (Wildman–Crippen MR) is 190 cm³/mol. The minimum Gasteiger partial charge on any atom is -0.505 e.